The summed E-state index contributed by atoms with van der Waals surface area (Å²) in [6.07, 6.45) is 0. The molecule has 0 radical (unpaired) electrons. The van der Waals surface area contributed by atoms with Crippen LogP contribution >= 0.6 is 0 Å². The zero-order valence-electron chi connectivity index (χ0n) is 5.30. The van der Waals surface area contributed by atoms with E-state index in [9.17, 15) is 0 Å². The fourth-order valence-corrected chi connectivity index (χ4v) is 0.351. The fourth-order valence-electron chi connectivity index (χ4n) is 0.351. The van der Waals surface area contributed by atoms with E-state index >= 15 is 0 Å². The van der Waals surface area contributed by atoms with Crippen LogP contribution in [0.2, 0.25) is 0 Å². The van der Waals surface area contributed by atoms with Crippen molar-refractivity contribution < 1.29 is 9.39 Å². The molecule has 0 aliphatic heterocycles. The molecule has 0 rings (SSSR count). The molecule has 0 aliphatic rings. The van der Waals surface area contributed by atoms with E-state index in [2.05, 4.69) is 4.65 Å². The van der Waals surface area contributed by atoms with E-state index in [1.165, 1.54) is 0 Å². The van der Waals surface area contributed by atoms with Crippen LogP contribution in [-0.4, -0.2) is 33.6 Å². The summed E-state index contributed by atoms with van der Waals surface area (Å²) in [7, 11) is 0.895. The van der Waals surface area contributed by atoms with Gasteiger partial charge in [0.15, 0.2) is 0 Å². The number of ether oxygens (including phenoxy) is 1. The number of hydrogen-bond donors (Lipinski definition) is 2. The van der Waals surface area contributed by atoms with Crippen LogP contribution in [0.5, 0.6) is 0 Å². The van der Waals surface area contributed by atoms with Crippen LogP contribution in [0.3, 0.4) is 0 Å². The van der Waals surface area contributed by atoms with E-state index in [-0.39, 0.29) is 0 Å². The molecule has 0 atom stereocenters. The molecule has 0 saturated carbocycles. The van der Waals surface area contributed by atoms with Crippen molar-refractivity contribution in [3.63, 3.8) is 0 Å². The molecule has 0 bridgehead atoms. The van der Waals surface area contributed by atoms with Crippen LogP contribution in [0.25, 0.3) is 0 Å². The molecule has 0 aliphatic carbocycles. The van der Waals surface area contributed by atoms with Gasteiger partial charge in [0.1, 0.15) is 0 Å². The van der Waals surface area contributed by atoms with Crippen molar-refractivity contribution in [1.82, 2.24) is 0 Å². The molecule has 52 valence electrons. The molecule has 4 nitrogen and oxygen atoms in total. The molecule has 0 aromatic heterocycles. The monoisotopic (exact) mass is 130 g/mol. The Bertz CT molecular complexity index is 71.6. The molecular weight excluding hydrogens is 119 g/mol. The summed E-state index contributed by atoms with van der Waals surface area (Å²) in [5.74, 6) is 0. The SMILES string of the molecule is N=BOCCOCCN. The number of nitrogens with one attached hydrogen (secondary N) is 1. The second kappa shape index (κ2) is 7.58. The van der Waals surface area contributed by atoms with E-state index in [0.717, 1.165) is 7.27 Å². The molecule has 3 N–H and O–H groups in total. The van der Waals surface area contributed by atoms with Gasteiger partial charge in [0.25, 0.3) is 0 Å². The van der Waals surface area contributed by atoms with Crippen molar-refractivity contribution >= 4 is 7.27 Å². The van der Waals surface area contributed by atoms with Crippen molar-refractivity contribution in [2.75, 3.05) is 26.4 Å². The first kappa shape index (κ1) is 8.58. The molecule has 0 amide bonds. The van der Waals surface area contributed by atoms with Crippen LogP contribution in [0, 0.1) is 5.31 Å². The number of rotatable bonds is 6. The van der Waals surface area contributed by atoms with Gasteiger partial charge in [-0.2, -0.15) is 0 Å². The molecule has 0 aromatic rings. The molecule has 5 heteroatoms. The van der Waals surface area contributed by atoms with E-state index in [1.54, 1.807) is 0 Å². The first-order valence-corrected chi connectivity index (χ1v) is 2.80. The third kappa shape index (κ3) is 7.58. The molecule has 0 aromatic carbocycles. The van der Waals surface area contributed by atoms with Gasteiger partial charge in [-0.25, -0.2) is 0 Å². The van der Waals surface area contributed by atoms with Gasteiger partial charge in [0.2, 0.25) is 0 Å². The molecule has 0 fully saturated rings. The molecule has 0 heterocycles. The molecule has 9 heavy (non-hydrogen) atoms. The fraction of sp³-hybridized carbons (Fsp3) is 1.00. The minimum absolute atomic E-state index is 0.434. The molecule has 0 saturated heterocycles. The Morgan fingerprint density at radius 2 is 2.11 bits per heavy atom. The summed E-state index contributed by atoms with van der Waals surface area (Å²) < 4.78 is 9.49. The quantitative estimate of drug-likeness (QED) is 0.371. The minimum atomic E-state index is 0.434. The topological polar surface area (TPSA) is 68.3 Å². The Labute approximate surface area is 55.1 Å². The van der Waals surface area contributed by atoms with Crippen LogP contribution in [0.15, 0.2) is 0 Å². The van der Waals surface area contributed by atoms with Crippen LogP contribution in [-0.2, 0) is 9.39 Å². The number of hydrogen-bond acceptors (Lipinski definition) is 4. The summed E-state index contributed by atoms with van der Waals surface area (Å²) in [4.78, 5) is 0. The predicted octanol–water partition coefficient (Wildman–Crippen LogP) is -0.640. The third-order valence-electron chi connectivity index (χ3n) is 0.691. The van der Waals surface area contributed by atoms with Crippen molar-refractivity contribution in [2.45, 2.75) is 0 Å². The van der Waals surface area contributed by atoms with Gasteiger partial charge in [0, 0.05) is 0 Å². The summed E-state index contributed by atoms with van der Waals surface area (Å²) in [6, 6.07) is 0. The maximum atomic E-state index is 6.46. The summed E-state index contributed by atoms with van der Waals surface area (Å²) in [5.41, 5.74) is 5.13. The average Bonchev–Trinajstić information content (AvgIpc) is 1.89. The van der Waals surface area contributed by atoms with Crippen molar-refractivity contribution in [3.05, 3.63) is 0 Å². The van der Waals surface area contributed by atoms with E-state index in [4.69, 9.17) is 15.8 Å². The van der Waals surface area contributed by atoms with Crippen LogP contribution in [0.1, 0.15) is 0 Å². The zero-order chi connectivity index (χ0) is 6.95. The Morgan fingerprint density at radius 1 is 1.33 bits per heavy atom. The van der Waals surface area contributed by atoms with Crippen molar-refractivity contribution in [1.29, 1.82) is 5.31 Å². The van der Waals surface area contributed by atoms with E-state index < -0.39 is 0 Å². The summed E-state index contributed by atoms with van der Waals surface area (Å²) in [5, 5.41) is 6.46. The third-order valence-corrected chi connectivity index (χ3v) is 0.691. The Kier molecular flexibility index (Phi) is 7.24. The summed E-state index contributed by atoms with van der Waals surface area (Å²) >= 11 is 0. The van der Waals surface area contributed by atoms with Crippen LogP contribution in [0.4, 0.5) is 0 Å². The number of nitrogens with two attached hydrogens (primary N) is 1. The Hall–Kier alpha value is -0.415. The maximum absolute atomic E-state index is 6.46. The molecular formula is C4H11BN2O2. The van der Waals surface area contributed by atoms with Gasteiger partial charge in [0.05, 0.1) is 0 Å². The van der Waals surface area contributed by atoms with E-state index in [0.29, 0.717) is 26.4 Å². The van der Waals surface area contributed by atoms with Gasteiger partial charge in [-0.05, 0) is 0 Å². The van der Waals surface area contributed by atoms with Crippen LogP contribution < -0.4 is 5.73 Å². The first-order valence-electron chi connectivity index (χ1n) is 2.80. The predicted molar refractivity (Wildman–Crippen MR) is 34.3 cm³/mol. The zero-order valence-corrected chi connectivity index (χ0v) is 5.30. The first-order chi connectivity index (χ1) is 4.41. The Morgan fingerprint density at radius 3 is 2.67 bits per heavy atom. The Balaban J connectivity index is 2.66. The van der Waals surface area contributed by atoms with Crippen molar-refractivity contribution in [2.24, 2.45) is 5.73 Å². The summed E-state index contributed by atoms with van der Waals surface area (Å²) in [6.45, 7) is 2.03. The standard InChI is InChI=1S/C4H11BN2O2/c6-1-2-8-3-4-9-5-7/h7H,1-4,6H2. The van der Waals surface area contributed by atoms with Gasteiger partial charge in [-0.3, -0.25) is 0 Å². The second-order valence-corrected chi connectivity index (χ2v) is 1.39. The second-order valence-electron chi connectivity index (χ2n) is 1.39. The van der Waals surface area contributed by atoms with Gasteiger partial charge in [-0.15, -0.1) is 0 Å². The van der Waals surface area contributed by atoms with Crippen molar-refractivity contribution in [3.8, 4) is 0 Å². The molecule has 0 spiro atoms. The van der Waals surface area contributed by atoms with Gasteiger partial charge in [-0.1, -0.05) is 0 Å². The molecule has 0 unspecified atom stereocenters. The van der Waals surface area contributed by atoms with E-state index in [1.807, 2.05) is 0 Å². The average molecular weight is 130 g/mol. The normalized spacial score (nSPS) is 8.56. The van der Waals surface area contributed by atoms with Gasteiger partial charge >= 0.3 is 54.1 Å². The van der Waals surface area contributed by atoms with Gasteiger partial charge < -0.3 is 0 Å².